The minimum absolute atomic E-state index is 0.865. The van der Waals surface area contributed by atoms with Crippen molar-refractivity contribution in [2.75, 3.05) is 4.90 Å². The second-order valence-corrected chi connectivity index (χ2v) is 12.9. The van der Waals surface area contributed by atoms with Crippen molar-refractivity contribution in [2.45, 2.75) is 0 Å². The highest BCUT2D eigenvalue weighted by Gasteiger charge is 2.22. The highest BCUT2D eigenvalue weighted by atomic mass is 16.3. The van der Waals surface area contributed by atoms with E-state index in [0.29, 0.717) is 0 Å². The zero-order valence-corrected chi connectivity index (χ0v) is 27.3. The van der Waals surface area contributed by atoms with E-state index in [1.165, 1.54) is 49.2 Å². The van der Waals surface area contributed by atoms with Gasteiger partial charge in [-0.25, -0.2) is 0 Å². The van der Waals surface area contributed by atoms with Crippen molar-refractivity contribution < 1.29 is 4.42 Å². The third-order valence-corrected chi connectivity index (χ3v) is 10.0. The van der Waals surface area contributed by atoms with Gasteiger partial charge in [0.25, 0.3) is 0 Å². The standard InChI is InChI=1S/C48H31NO/c1-2-12-32(13-3-1)34-24-27-37(28-25-34)49(38-29-26-33-14-4-5-16-36(33)30-38)45-22-11-23-46-47(45)44-31-43(41-19-8-9-20-42(41)48(44)50-46)40-21-10-17-35-15-6-7-18-39(35)40/h1-31H. The number of nitrogens with zero attached hydrogens (tertiary/aromatic N) is 1. The summed E-state index contributed by atoms with van der Waals surface area (Å²) >= 11 is 0. The molecule has 0 N–H and O–H groups in total. The number of rotatable bonds is 5. The molecule has 0 bridgehead atoms. The molecule has 1 aromatic heterocycles. The number of anilines is 3. The van der Waals surface area contributed by atoms with Crippen LogP contribution in [0.3, 0.4) is 0 Å². The third-order valence-electron chi connectivity index (χ3n) is 10.0. The maximum Gasteiger partial charge on any atom is 0.143 e. The number of furan rings is 1. The van der Waals surface area contributed by atoms with Crippen LogP contribution in [0.15, 0.2) is 192 Å². The van der Waals surface area contributed by atoms with Gasteiger partial charge in [-0.3, -0.25) is 0 Å². The van der Waals surface area contributed by atoms with Gasteiger partial charge in [-0.15, -0.1) is 0 Å². The molecular formula is C48H31NO. The molecule has 0 saturated heterocycles. The highest BCUT2D eigenvalue weighted by molar-refractivity contribution is 6.23. The fraction of sp³-hybridized carbons (Fsp3) is 0. The second kappa shape index (κ2) is 11.5. The molecule has 0 saturated carbocycles. The maximum atomic E-state index is 6.83. The van der Waals surface area contributed by atoms with E-state index in [1.807, 2.05) is 0 Å². The SMILES string of the molecule is c1ccc(-c2ccc(N(c3ccc4ccccc4c3)c3cccc4oc5c6ccccc6c(-c6cccc7ccccc67)cc5c34)cc2)cc1. The quantitative estimate of drug-likeness (QED) is 0.187. The van der Waals surface area contributed by atoms with Crippen LogP contribution in [0.2, 0.25) is 0 Å². The molecule has 0 fully saturated rings. The molecule has 0 unspecified atom stereocenters. The molecule has 2 heteroatoms. The number of benzene rings is 9. The Morgan fingerprint density at radius 1 is 0.360 bits per heavy atom. The average Bonchev–Trinajstić information content (AvgIpc) is 3.58. The van der Waals surface area contributed by atoms with Crippen LogP contribution in [0, 0.1) is 0 Å². The first-order chi connectivity index (χ1) is 24.8. The summed E-state index contributed by atoms with van der Waals surface area (Å²) in [5.41, 5.74) is 9.82. The monoisotopic (exact) mass is 637 g/mol. The molecule has 50 heavy (non-hydrogen) atoms. The Morgan fingerprint density at radius 2 is 1.00 bits per heavy atom. The van der Waals surface area contributed by atoms with Crippen LogP contribution in [0.1, 0.15) is 0 Å². The Balaban J connectivity index is 1.26. The molecule has 0 aliphatic rings. The Labute approximate surface area is 290 Å². The number of hydrogen-bond acceptors (Lipinski definition) is 2. The summed E-state index contributed by atoms with van der Waals surface area (Å²) < 4.78 is 6.83. The molecule has 0 aliphatic carbocycles. The molecule has 1 heterocycles. The van der Waals surface area contributed by atoms with Crippen LogP contribution in [0.4, 0.5) is 17.1 Å². The van der Waals surface area contributed by atoms with Crippen molar-refractivity contribution in [3.8, 4) is 22.3 Å². The van der Waals surface area contributed by atoms with E-state index in [2.05, 4.69) is 193 Å². The van der Waals surface area contributed by atoms with Gasteiger partial charge in [-0.2, -0.15) is 0 Å². The topological polar surface area (TPSA) is 16.4 Å². The molecule has 10 rings (SSSR count). The smallest absolute Gasteiger partial charge is 0.143 e. The highest BCUT2D eigenvalue weighted by Crippen LogP contribution is 2.47. The molecule has 2 nitrogen and oxygen atoms in total. The van der Waals surface area contributed by atoms with Gasteiger partial charge in [-0.05, 0) is 91.6 Å². The summed E-state index contributed by atoms with van der Waals surface area (Å²) in [6, 6.07) is 67.4. The van der Waals surface area contributed by atoms with E-state index in [4.69, 9.17) is 4.42 Å². The van der Waals surface area contributed by atoms with Gasteiger partial charge in [0.15, 0.2) is 0 Å². The summed E-state index contributed by atoms with van der Waals surface area (Å²) in [5, 5.41) is 9.37. The lowest BCUT2D eigenvalue weighted by molar-refractivity contribution is 0.672. The Bertz CT molecular complexity index is 2860. The Hall–Kier alpha value is -6.64. The normalized spacial score (nSPS) is 11.6. The fourth-order valence-electron chi connectivity index (χ4n) is 7.68. The van der Waals surface area contributed by atoms with Gasteiger partial charge >= 0.3 is 0 Å². The van der Waals surface area contributed by atoms with Gasteiger partial charge in [0.1, 0.15) is 11.2 Å². The Kier molecular flexibility index (Phi) is 6.53. The molecule has 0 atom stereocenters. The van der Waals surface area contributed by atoms with Gasteiger partial charge < -0.3 is 9.32 Å². The van der Waals surface area contributed by atoms with Crippen molar-refractivity contribution in [2.24, 2.45) is 0 Å². The van der Waals surface area contributed by atoms with Crippen molar-refractivity contribution >= 4 is 71.3 Å². The van der Waals surface area contributed by atoms with E-state index in [-0.39, 0.29) is 0 Å². The van der Waals surface area contributed by atoms with Crippen LogP contribution < -0.4 is 4.90 Å². The molecule has 0 aliphatic heterocycles. The van der Waals surface area contributed by atoms with E-state index >= 15 is 0 Å². The van der Waals surface area contributed by atoms with E-state index in [0.717, 1.165) is 44.4 Å². The van der Waals surface area contributed by atoms with Crippen LogP contribution in [0.25, 0.3) is 76.5 Å². The van der Waals surface area contributed by atoms with Crippen molar-refractivity contribution in [3.05, 3.63) is 188 Å². The Morgan fingerprint density at radius 3 is 1.84 bits per heavy atom. The predicted octanol–water partition coefficient (Wildman–Crippen LogP) is 13.8. The lowest BCUT2D eigenvalue weighted by Crippen LogP contribution is -2.10. The average molecular weight is 638 g/mol. The second-order valence-electron chi connectivity index (χ2n) is 12.9. The summed E-state index contributed by atoms with van der Waals surface area (Å²) in [4.78, 5) is 2.38. The van der Waals surface area contributed by atoms with Gasteiger partial charge in [0, 0.05) is 22.1 Å². The maximum absolute atomic E-state index is 6.83. The molecule has 0 amide bonds. The zero-order valence-electron chi connectivity index (χ0n) is 27.3. The largest absolute Gasteiger partial charge is 0.455 e. The van der Waals surface area contributed by atoms with E-state index in [1.54, 1.807) is 0 Å². The summed E-state index contributed by atoms with van der Waals surface area (Å²) in [5.74, 6) is 0. The summed E-state index contributed by atoms with van der Waals surface area (Å²) in [7, 11) is 0. The van der Waals surface area contributed by atoms with Crippen molar-refractivity contribution in [1.82, 2.24) is 0 Å². The molecular weight excluding hydrogens is 607 g/mol. The zero-order chi connectivity index (χ0) is 33.0. The first-order valence-electron chi connectivity index (χ1n) is 17.1. The molecule has 0 radical (unpaired) electrons. The fourth-order valence-corrected chi connectivity index (χ4v) is 7.68. The van der Waals surface area contributed by atoms with Crippen LogP contribution in [-0.2, 0) is 0 Å². The van der Waals surface area contributed by atoms with Gasteiger partial charge in [-0.1, -0.05) is 146 Å². The molecule has 9 aromatic carbocycles. The molecule has 234 valence electrons. The minimum atomic E-state index is 0.865. The third kappa shape index (κ3) is 4.57. The van der Waals surface area contributed by atoms with E-state index < -0.39 is 0 Å². The van der Waals surface area contributed by atoms with Crippen LogP contribution in [-0.4, -0.2) is 0 Å². The number of hydrogen-bond donors (Lipinski definition) is 0. The first kappa shape index (κ1) is 28.4. The minimum Gasteiger partial charge on any atom is -0.455 e. The lowest BCUT2D eigenvalue weighted by Gasteiger charge is -2.27. The molecule has 10 aromatic rings. The lowest BCUT2D eigenvalue weighted by atomic mass is 9.92. The van der Waals surface area contributed by atoms with Crippen LogP contribution in [0.5, 0.6) is 0 Å². The van der Waals surface area contributed by atoms with Gasteiger partial charge in [0.2, 0.25) is 0 Å². The molecule has 0 spiro atoms. The van der Waals surface area contributed by atoms with Crippen molar-refractivity contribution in [1.29, 1.82) is 0 Å². The summed E-state index contributed by atoms with van der Waals surface area (Å²) in [6.07, 6.45) is 0. The van der Waals surface area contributed by atoms with Gasteiger partial charge in [0.05, 0.1) is 11.1 Å². The summed E-state index contributed by atoms with van der Waals surface area (Å²) in [6.45, 7) is 0. The predicted molar refractivity (Wildman–Crippen MR) is 212 cm³/mol. The number of fused-ring (bicyclic) bond motifs is 7. The first-order valence-corrected chi connectivity index (χ1v) is 17.1. The van der Waals surface area contributed by atoms with Crippen molar-refractivity contribution in [3.63, 3.8) is 0 Å². The van der Waals surface area contributed by atoms with Crippen LogP contribution >= 0.6 is 0 Å². The van der Waals surface area contributed by atoms with E-state index in [9.17, 15) is 0 Å².